The molecule has 0 spiro atoms. The number of nitrogens with zero attached hydrogens (tertiary/aromatic N) is 3. The number of hydrogen-bond acceptors (Lipinski definition) is 5. The molecule has 0 saturated carbocycles. The number of carbonyl (C=O) groups excluding carboxylic acids is 1. The lowest BCUT2D eigenvalue weighted by atomic mass is 10.0. The van der Waals surface area contributed by atoms with Crippen LogP contribution in [0.5, 0.6) is 0 Å². The van der Waals surface area contributed by atoms with Crippen LogP contribution in [0.15, 0.2) is 36.8 Å². The summed E-state index contributed by atoms with van der Waals surface area (Å²) in [5.41, 5.74) is 3.28. The molecular formula is C19H22N4O2. The first kappa shape index (κ1) is 17.0. The predicted molar refractivity (Wildman–Crippen MR) is 98.4 cm³/mol. The van der Waals surface area contributed by atoms with Crippen LogP contribution in [0.1, 0.15) is 18.4 Å². The Hall–Kier alpha value is -2.89. The summed E-state index contributed by atoms with van der Waals surface area (Å²) < 4.78 is 6.45. The number of pyridine rings is 1. The summed E-state index contributed by atoms with van der Waals surface area (Å²) in [6.45, 7) is 2.73. The Kier molecular flexibility index (Phi) is 4.97. The second-order valence-corrected chi connectivity index (χ2v) is 6.08. The Morgan fingerprint density at radius 1 is 1.28 bits per heavy atom. The molecule has 0 bridgehead atoms. The minimum Gasteiger partial charge on any atom is -0.469 e. The summed E-state index contributed by atoms with van der Waals surface area (Å²) in [5.74, 6) is 0.638. The summed E-state index contributed by atoms with van der Waals surface area (Å²) in [6.07, 6.45) is 6.80. The largest absolute Gasteiger partial charge is 0.469 e. The van der Waals surface area contributed by atoms with E-state index in [1.807, 2.05) is 25.6 Å². The molecule has 3 aromatic rings. The van der Waals surface area contributed by atoms with Gasteiger partial charge in [-0.2, -0.15) is 5.10 Å². The lowest BCUT2D eigenvalue weighted by molar-refractivity contribution is -0.140. The molecule has 0 aliphatic heterocycles. The summed E-state index contributed by atoms with van der Waals surface area (Å²) in [5, 5.41) is 9.79. The van der Waals surface area contributed by atoms with Gasteiger partial charge in [0, 0.05) is 48.9 Å². The Morgan fingerprint density at radius 3 is 2.84 bits per heavy atom. The number of ether oxygens (including phenoxy) is 1. The van der Waals surface area contributed by atoms with E-state index in [0.717, 1.165) is 27.7 Å². The van der Waals surface area contributed by atoms with Crippen molar-refractivity contribution in [3.63, 3.8) is 0 Å². The zero-order valence-electron chi connectivity index (χ0n) is 14.7. The maximum Gasteiger partial charge on any atom is 0.305 e. The molecule has 0 aliphatic carbocycles. The van der Waals surface area contributed by atoms with Crippen molar-refractivity contribution in [1.82, 2.24) is 14.8 Å². The summed E-state index contributed by atoms with van der Waals surface area (Å²) in [7, 11) is 3.31. The molecule has 3 rings (SSSR count). The zero-order chi connectivity index (χ0) is 17.8. The minimum atomic E-state index is -0.192. The van der Waals surface area contributed by atoms with Gasteiger partial charge in [-0.3, -0.25) is 9.48 Å². The smallest absolute Gasteiger partial charge is 0.305 e. The lowest BCUT2D eigenvalue weighted by Gasteiger charge is -2.12. The molecular weight excluding hydrogens is 316 g/mol. The number of esters is 1. The first-order valence-electron chi connectivity index (χ1n) is 8.27. The maximum absolute atomic E-state index is 11.2. The average Bonchev–Trinajstić information content (AvgIpc) is 3.04. The zero-order valence-corrected chi connectivity index (χ0v) is 14.7. The van der Waals surface area contributed by atoms with Crippen molar-refractivity contribution in [2.24, 2.45) is 7.05 Å². The van der Waals surface area contributed by atoms with Gasteiger partial charge >= 0.3 is 5.97 Å². The normalized spacial score (nSPS) is 10.8. The van der Waals surface area contributed by atoms with Crippen LogP contribution in [0.3, 0.4) is 0 Å². The van der Waals surface area contributed by atoms with Crippen LogP contribution in [0, 0.1) is 6.92 Å². The van der Waals surface area contributed by atoms with Crippen molar-refractivity contribution in [1.29, 1.82) is 0 Å². The van der Waals surface area contributed by atoms with Gasteiger partial charge in [0.1, 0.15) is 5.82 Å². The number of hydrogen-bond donors (Lipinski definition) is 1. The van der Waals surface area contributed by atoms with Crippen LogP contribution < -0.4 is 5.32 Å². The van der Waals surface area contributed by atoms with E-state index in [1.165, 1.54) is 12.7 Å². The Balaban J connectivity index is 1.90. The SMILES string of the molecule is COC(=O)CCCNc1ncc(-c2cnn(C)c2)c2ccc(C)cc12. The highest BCUT2D eigenvalue weighted by Crippen LogP contribution is 2.32. The third-order valence-corrected chi connectivity index (χ3v) is 4.14. The monoisotopic (exact) mass is 338 g/mol. The van der Waals surface area contributed by atoms with E-state index in [-0.39, 0.29) is 5.97 Å². The number of rotatable bonds is 6. The molecule has 0 fully saturated rings. The molecule has 1 N–H and O–H groups in total. The van der Waals surface area contributed by atoms with Gasteiger partial charge in [0.2, 0.25) is 0 Å². The van der Waals surface area contributed by atoms with Crippen molar-refractivity contribution in [2.45, 2.75) is 19.8 Å². The van der Waals surface area contributed by atoms with Crippen molar-refractivity contribution in [2.75, 3.05) is 19.0 Å². The van der Waals surface area contributed by atoms with E-state index in [0.29, 0.717) is 19.4 Å². The van der Waals surface area contributed by atoms with Gasteiger partial charge in [0.15, 0.2) is 0 Å². The number of carbonyl (C=O) groups is 1. The molecule has 0 unspecified atom stereocenters. The van der Waals surface area contributed by atoms with Crippen LogP contribution in [-0.2, 0) is 16.6 Å². The van der Waals surface area contributed by atoms with Crippen LogP contribution in [0.4, 0.5) is 5.82 Å². The number of benzene rings is 1. The van der Waals surface area contributed by atoms with Crippen molar-refractivity contribution in [3.8, 4) is 11.1 Å². The molecule has 1 aromatic carbocycles. The Labute approximate surface area is 146 Å². The fraction of sp³-hybridized carbons (Fsp3) is 0.316. The fourth-order valence-electron chi connectivity index (χ4n) is 2.83. The van der Waals surface area contributed by atoms with E-state index < -0.39 is 0 Å². The van der Waals surface area contributed by atoms with Gasteiger partial charge in [0.05, 0.1) is 13.3 Å². The molecule has 2 heterocycles. The molecule has 0 saturated heterocycles. The number of anilines is 1. The van der Waals surface area contributed by atoms with Crippen LogP contribution in [0.25, 0.3) is 21.9 Å². The highest BCUT2D eigenvalue weighted by Gasteiger charge is 2.11. The number of fused-ring (bicyclic) bond motifs is 1. The number of methoxy groups -OCH3 is 1. The van der Waals surface area contributed by atoms with E-state index in [9.17, 15) is 4.79 Å². The molecule has 6 heteroatoms. The fourth-order valence-corrected chi connectivity index (χ4v) is 2.83. The first-order valence-corrected chi connectivity index (χ1v) is 8.27. The van der Waals surface area contributed by atoms with Crippen molar-refractivity contribution in [3.05, 3.63) is 42.4 Å². The van der Waals surface area contributed by atoms with Crippen LogP contribution in [-0.4, -0.2) is 34.4 Å². The number of nitrogens with one attached hydrogen (secondary N) is 1. The van der Waals surface area contributed by atoms with Gasteiger partial charge in [-0.1, -0.05) is 17.7 Å². The quantitative estimate of drug-likeness (QED) is 0.552. The predicted octanol–water partition coefficient (Wildman–Crippen LogP) is 3.31. The molecule has 0 aliphatic rings. The molecule has 0 atom stereocenters. The third kappa shape index (κ3) is 3.79. The molecule has 0 amide bonds. The van der Waals surface area contributed by atoms with Gasteiger partial charge in [-0.15, -0.1) is 0 Å². The second-order valence-electron chi connectivity index (χ2n) is 6.08. The third-order valence-electron chi connectivity index (χ3n) is 4.14. The minimum absolute atomic E-state index is 0.192. The molecule has 0 radical (unpaired) electrons. The Bertz CT molecular complexity index is 902. The molecule has 130 valence electrons. The highest BCUT2D eigenvalue weighted by molar-refractivity contribution is 6.01. The maximum atomic E-state index is 11.2. The van der Waals surface area contributed by atoms with Gasteiger partial charge in [-0.05, 0) is 24.8 Å². The summed E-state index contributed by atoms with van der Waals surface area (Å²) >= 11 is 0. The number of aryl methyl sites for hydroxylation is 2. The topological polar surface area (TPSA) is 69.0 Å². The molecule has 6 nitrogen and oxygen atoms in total. The standard InChI is InChI=1S/C19H22N4O2/c1-13-6-7-15-16(9-13)19(20-8-4-5-18(24)25-3)21-11-17(15)14-10-22-23(2)12-14/h6-7,9-12H,4-5,8H2,1-3H3,(H,20,21). The molecule has 25 heavy (non-hydrogen) atoms. The van der Waals surface area contributed by atoms with Crippen molar-refractivity contribution >= 4 is 22.6 Å². The Morgan fingerprint density at radius 2 is 2.12 bits per heavy atom. The van der Waals surface area contributed by atoms with Crippen LogP contribution in [0.2, 0.25) is 0 Å². The van der Waals surface area contributed by atoms with E-state index in [1.54, 1.807) is 4.68 Å². The average molecular weight is 338 g/mol. The molecule has 2 aromatic heterocycles. The highest BCUT2D eigenvalue weighted by atomic mass is 16.5. The lowest BCUT2D eigenvalue weighted by Crippen LogP contribution is -2.08. The van der Waals surface area contributed by atoms with E-state index in [2.05, 4.69) is 45.3 Å². The van der Waals surface area contributed by atoms with Crippen LogP contribution >= 0.6 is 0 Å². The number of aromatic nitrogens is 3. The van der Waals surface area contributed by atoms with E-state index in [4.69, 9.17) is 0 Å². The summed E-state index contributed by atoms with van der Waals surface area (Å²) in [6, 6.07) is 6.35. The van der Waals surface area contributed by atoms with E-state index >= 15 is 0 Å². The van der Waals surface area contributed by atoms with Gasteiger partial charge in [0.25, 0.3) is 0 Å². The summed E-state index contributed by atoms with van der Waals surface area (Å²) in [4.78, 5) is 15.8. The van der Waals surface area contributed by atoms with Gasteiger partial charge < -0.3 is 10.1 Å². The second kappa shape index (κ2) is 7.34. The van der Waals surface area contributed by atoms with Crippen molar-refractivity contribution < 1.29 is 9.53 Å². The van der Waals surface area contributed by atoms with Gasteiger partial charge in [-0.25, -0.2) is 4.98 Å². The first-order chi connectivity index (χ1) is 12.1.